The van der Waals surface area contributed by atoms with Gasteiger partial charge in [0.25, 0.3) is 5.89 Å². The molecule has 0 radical (unpaired) electrons. The monoisotopic (exact) mass is 366 g/mol. The van der Waals surface area contributed by atoms with E-state index in [1.807, 2.05) is 0 Å². The molecule has 0 spiro atoms. The molecule has 0 aliphatic heterocycles. The van der Waals surface area contributed by atoms with Gasteiger partial charge in [0, 0.05) is 17.0 Å². The van der Waals surface area contributed by atoms with Crippen molar-refractivity contribution in [3.63, 3.8) is 0 Å². The van der Waals surface area contributed by atoms with Crippen molar-refractivity contribution < 1.29 is 18.4 Å². The number of aromatic nitrogens is 2. The van der Waals surface area contributed by atoms with Crippen molar-refractivity contribution in [1.29, 1.82) is 0 Å². The van der Waals surface area contributed by atoms with E-state index >= 15 is 0 Å². The van der Waals surface area contributed by atoms with Crippen molar-refractivity contribution in [2.75, 3.05) is 0 Å². The second-order valence-electron chi connectivity index (χ2n) is 4.63. The SMILES string of the molecule is Oc1ccc(Br)cc1-c1nc(Cc2cc(F)cc(F)c2)no1. The molecular formula is C15H9BrF2N2O2. The lowest BCUT2D eigenvalue weighted by molar-refractivity contribution is 0.418. The minimum absolute atomic E-state index is 0.00444. The van der Waals surface area contributed by atoms with Gasteiger partial charge < -0.3 is 9.63 Å². The summed E-state index contributed by atoms with van der Waals surface area (Å²) in [5.74, 6) is -0.938. The lowest BCUT2D eigenvalue weighted by atomic mass is 10.1. The van der Waals surface area contributed by atoms with E-state index in [0.29, 0.717) is 11.1 Å². The van der Waals surface area contributed by atoms with Gasteiger partial charge >= 0.3 is 0 Å². The molecule has 0 atom stereocenters. The lowest BCUT2D eigenvalue weighted by Crippen LogP contribution is -1.93. The molecule has 0 saturated carbocycles. The number of rotatable bonds is 3. The molecule has 0 fully saturated rings. The van der Waals surface area contributed by atoms with Crippen molar-refractivity contribution in [3.8, 4) is 17.2 Å². The van der Waals surface area contributed by atoms with Crippen LogP contribution in [0.25, 0.3) is 11.5 Å². The van der Waals surface area contributed by atoms with Crippen LogP contribution in [0.5, 0.6) is 5.75 Å². The standard InChI is InChI=1S/C15H9BrF2N2O2/c16-9-1-2-13(21)12(6-9)15-19-14(20-22-15)5-8-3-10(17)7-11(18)4-8/h1-4,6-7,21H,5H2. The zero-order valence-corrected chi connectivity index (χ0v) is 12.6. The molecule has 112 valence electrons. The molecule has 1 heterocycles. The highest BCUT2D eigenvalue weighted by Crippen LogP contribution is 2.30. The molecule has 22 heavy (non-hydrogen) atoms. The number of nitrogens with zero attached hydrogens (tertiary/aromatic N) is 2. The third-order valence-electron chi connectivity index (χ3n) is 2.94. The summed E-state index contributed by atoms with van der Waals surface area (Å²) in [6.07, 6.45) is 0.118. The van der Waals surface area contributed by atoms with Crippen LogP contribution in [-0.2, 0) is 6.42 Å². The Balaban J connectivity index is 1.89. The van der Waals surface area contributed by atoms with Gasteiger partial charge in [-0.05, 0) is 35.9 Å². The van der Waals surface area contributed by atoms with Gasteiger partial charge in [0.15, 0.2) is 5.82 Å². The third kappa shape index (κ3) is 3.14. The van der Waals surface area contributed by atoms with Gasteiger partial charge in [0.1, 0.15) is 17.4 Å². The summed E-state index contributed by atoms with van der Waals surface area (Å²) in [5.41, 5.74) is 0.766. The van der Waals surface area contributed by atoms with E-state index in [1.165, 1.54) is 18.2 Å². The molecule has 4 nitrogen and oxygen atoms in total. The fraction of sp³-hybridized carbons (Fsp3) is 0.0667. The number of aromatic hydroxyl groups is 1. The molecule has 0 aliphatic carbocycles. The molecule has 0 amide bonds. The van der Waals surface area contributed by atoms with Crippen molar-refractivity contribution in [2.24, 2.45) is 0 Å². The van der Waals surface area contributed by atoms with E-state index in [1.54, 1.807) is 12.1 Å². The summed E-state index contributed by atoms with van der Waals surface area (Å²) >= 11 is 3.29. The number of benzene rings is 2. The molecule has 0 saturated heterocycles. The van der Waals surface area contributed by atoms with Gasteiger partial charge in [-0.3, -0.25) is 0 Å². The maximum Gasteiger partial charge on any atom is 0.261 e. The predicted octanol–water partition coefficient (Wildman–Crippen LogP) is 4.07. The summed E-state index contributed by atoms with van der Waals surface area (Å²) in [6.45, 7) is 0. The molecule has 0 unspecified atom stereocenters. The smallest absolute Gasteiger partial charge is 0.261 e. The maximum atomic E-state index is 13.2. The van der Waals surface area contributed by atoms with Crippen LogP contribution in [0.2, 0.25) is 0 Å². The molecule has 3 aromatic rings. The molecule has 1 N–H and O–H groups in total. The normalized spacial score (nSPS) is 10.9. The highest BCUT2D eigenvalue weighted by Gasteiger charge is 2.14. The summed E-state index contributed by atoms with van der Waals surface area (Å²) in [6, 6.07) is 8.00. The van der Waals surface area contributed by atoms with Crippen molar-refractivity contribution in [1.82, 2.24) is 10.1 Å². The Bertz CT molecular complexity index is 816. The third-order valence-corrected chi connectivity index (χ3v) is 3.43. The summed E-state index contributed by atoms with van der Waals surface area (Å²) in [7, 11) is 0. The van der Waals surface area contributed by atoms with Crippen molar-refractivity contribution in [3.05, 3.63) is 63.9 Å². The number of halogens is 3. The van der Waals surface area contributed by atoms with Gasteiger partial charge in [0.2, 0.25) is 0 Å². The first-order valence-electron chi connectivity index (χ1n) is 6.28. The minimum Gasteiger partial charge on any atom is -0.507 e. The summed E-state index contributed by atoms with van der Waals surface area (Å²) in [5, 5.41) is 13.6. The first kappa shape index (κ1) is 14.6. The zero-order valence-electron chi connectivity index (χ0n) is 11.1. The van der Waals surface area contributed by atoms with E-state index in [4.69, 9.17) is 4.52 Å². The highest BCUT2D eigenvalue weighted by molar-refractivity contribution is 9.10. The minimum atomic E-state index is -0.664. The average Bonchev–Trinajstić information content (AvgIpc) is 2.88. The Morgan fingerprint density at radius 2 is 1.82 bits per heavy atom. The maximum absolute atomic E-state index is 13.2. The van der Waals surface area contributed by atoms with Crippen LogP contribution in [0, 0.1) is 11.6 Å². The molecule has 1 aromatic heterocycles. The zero-order chi connectivity index (χ0) is 15.7. The largest absolute Gasteiger partial charge is 0.507 e. The van der Waals surface area contributed by atoms with E-state index in [-0.39, 0.29) is 23.9 Å². The van der Waals surface area contributed by atoms with Crippen LogP contribution >= 0.6 is 15.9 Å². The van der Waals surface area contributed by atoms with E-state index in [2.05, 4.69) is 26.1 Å². The fourth-order valence-corrected chi connectivity index (χ4v) is 2.37. The first-order chi connectivity index (χ1) is 10.5. The second-order valence-corrected chi connectivity index (χ2v) is 5.55. The van der Waals surface area contributed by atoms with Crippen LogP contribution in [0.3, 0.4) is 0 Å². The number of hydrogen-bond acceptors (Lipinski definition) is 4. The molecule has 7 heteroatoms. The van der Waals surface area contributed by atoms with E-state index < -0.39 is 11.6 Å². The van der Waals surface area contributed by atoms with Crippen LogP contribution in [-0.4, -0.2) is 15.2 Å². The van der Waals surface area contributed by atoms with Gasteiger partial charge in [-0.2, -0.15) is 4.98 Å². The molecule has 0 aliphatic rings. The van der Waals surface area contributed by atoms with Crippen molar-refractivity contribution >= 4 is 15.9 Å². The number of hydrogen-bond donors (Lipinski definition) is 1. The molecular weight excluding hydrogens is 358 g/mol. The van der Waals surface area contributed by atoms with Crippen LogP contribution < -0.4 is 0 Å². The molecule has 0 bridgehead atoms. The fourth-order valence-electron chi connectivity index (χ4n) is 2.01. The summed E-state index contributed by atoms with van der Waals surface area (Å²) in [4.78, 5) is 4.13. The average molecular weight is 367 g/mol. The Hall–Kier alpha value is -2.28. The van der Waals surface area contributed by atoms with Crippen LogP contribution in [0.4, 0.5) is 8.78 Å². The van der Waals surface area contributed by atoms with Gasteiger partial charge in [-0.1, -0.05) is 21.1 Å². The topological polar surface area (TPSA) is 59.2 Å². The van der Waals surface area contributed by atoms with Gasteiger partial charge in [0.05, 0.1) is 5.56 Å². The van der Waals surface area contributed by atoms with E-state index in [9.17, 15) is 13.9 Å². The van der Waals surface area contributed by atoms with Crippen LogP contribution in [0.15, 0.2) is 45.4 Å². The van der Waals surface area contributed by atoms with Gasteiger partial charge in [-0.25, -0.2) is 8.78 Å². The highest BCUT2D eigenvalue weighted by atomic mass is 79.9. The molecule has 3 rings (SSSR count). The Labute approximate surface area is 132 Å². The second kappa shape index (κ2) is 5.84. The van der Waals surface area contributed by atoms with Crippen LogP contribution in [0.1, 0.15) is 11.4 Å². The number of phenolic OH excluding ortho intramolecular Hbond substituents is 1. The quantitative estimate of drug-likeness (QED) is 0.758. The number of phenols is 1. The predicted molar refractivity (Wildman–Crippen MR) is 78.3 cm³/mol. The summed E-state index contributed by atoms with van der Waals surface area (Å²) < 4.78 is 32.1. The first-order valence-corrected chi connectivity index (χ1v) is 7.07. The van der Waals surface area contributed by atoms with Gasteiger partial charge in [-0.15, -0.1) is 0 Å². The lowest BCUT2D eigenvalue weighted by Gasteiger charge is -1.99. The Morgan fingerprint density at radius 3 is 2.55 bits per heavy atom. The Morgan fingerprint density at radius 1 is 1.09 bits per heavy atom. The van der Waals surface area contributed by atoms with E-state index in [0.717, 1.165) is 10.5 Å². The Kier molecular flexibility index (Phi) is 3.89. The molecule has 2 aromatic carbocycles. The van der Waals surface area contributed by atoms with Crippen molar-refractivity contribution in [2.45, 2.75) is 6.42 Å².